The third-order valence-electron chi connectivity index (χ3n) is 6.22. The first kappa shape index (κ1) is 34.1. The second kappa shape index (κ2) is 26.2. The third-order valence-corrected chi connectivity index (χ3v) is 10.4. The van der Waals surface area contributed by atoms with Crippen LogP contribution in [0.5, 0.6) is 0 Å². The molecule has 0 aromatic heterocycles. The van der Waals surface area contributed by atoms with Crippen molar-refractivity contribution in [1.29, 1.82) is 0 Å². The standard InChI is InChI=1S/C28H58O4SSi/c1-5-9-10-11-12-13-14-15-16-17-18-19-20-21-22-25-28(29)33-26-23-24-27-34(30-6-2,31-7-3)32-8-4/h5-27H2,1-4H3. The number of carbonyl (C=O) groups is 1. The number of carbonyl (C=O) groups excluding carboxylic acids is 1. The molecule has 0 N–H and O–H groups in total. The average molecular weight is 519 g/mol. The van der Waals surface area contributed by atoms with E-state index < -0.39 is 8.80 Å². The molecule has 0 rings (SSSR count). The second-order valence-corrected chi connectivity index (χ2v) is 13.2. The molecule has 0 spiro atoms. The molecule has 0 aliphatic heterocycles. The van der Waals surface area contributed by atoms with Gasteiger partial charge in [0, 0.05) is 38.0 Å². The van der Waals surface area contributed by atoms with Crippen molar-refractivity contribution in [2.75, 3.05) is 25.6 Å². The largest absolute Gasteiger partial charge is 0.500 e. The van der Waals surface area contributed by atoms with Gasteiger partial charge in [-0.1, -0.05) is 109 Å². The Morgan fingerprint density at radius 3 is 1.38 bits per heavy atom. The highest BCUT2D eigenvalue weighted by Gasteiger charge is 2.39. The van der Waals surface area contributed by atoms with E-state index in [9.17, 15) is 4.79 Å². The molecule has 0 amide bonds. The lowest BCUT2D eigenvalue weighted by molar-refractivity contribution is -0.111. The summed E-state index contributed by atoms with van der Waals surface area (Å²) in [6.07, 6.45) is 23.1. The average Bonchev–Trinajstić information content (AvgIpc) is 2.82. The summed E-state index contributed by atoms with van der Waals surface area (Å²) in [5.74, 6) is 0.895. The van der Waals surface area contributed by atoms with Crippen molar-refractivity contribution in [3.05, 3.63) is 0 Å². The van der Waals surface area contributed by atoms with Crippen LogP contribution in [0.4, 0.5) is 0 Å². The lowest BCUT2D eigenvalue weighted by Gasteiger charge is -2.28. The van der Waals surface area contributed by atoms with E-state index in [0.717, 1.165) is 37.5 Å². The van der Waals surface area contributed by atoms with Gasteiger partial charge in [-0.3, -0.25) is 4.79 Å². The molecule has 204 valence electrons. The zero-order chi connectivity index (χ0) is 25.2. The van der Waals surface area contributed by atoms with Gasteiger partial charge in [0.05, 0.1) is 0 Å². The van der Waals surface area contributed by atoms with Gasteiger partial charge in [0.25, 0.3) is 0 Å². The zero-order valence-electron chi connectivity index (χ0n) is 23.3. The molecule has 0 aromatic rings. The fourth-order valence-electron chi connectivity index (χ4n) is 4.34. The van der Waals surface area contributed by atoms with Crippen LogP contribution in [0.1, 0.15) is 143 Å². The number of hydrogen-bond donors (Lipinski definition) is 0. The van der Waals surface area contributed by atoms with E-state index in [-0.39, 0.29) is 0 Å². The van der Waals surface area contributed by atoms with E-state index in [1.54, 1.807) is 0 Å². The summed E-state index contributed by atoms with van der Waals surface area (Å²) in [5, 5.41) is 0.359. The van der Waals surface area contributed by atoms with E-state index in [1.165, 1.54) is 102 Å². The smallest absolute Gasteiger partial charge is 0.374 e. The van der Waals surface area contributed by atoms with Crippen LogP contribution in [-0.4, -0.2) is 39.5 Å². The molecule has 34 heavy (non-hydrogen) atoms. The van der Waals surface area contributed by atoms with Gasteiger partial charge >= 0.3 is 8.80 Å². The maximum Gasteiger partial charge on any atom is 0.500 e. The highest BCUT2D eigenvalue weighted by atomic mass is 32.2. The molecule has 4 nitrogen and oxygen atoms in total. The normalized spacial score (nSPS) is 11.9. The van der Waals surface area contributed by atoms with E-state index in [1.807, 2.05) is 20.8 Å². The van der Waals surface area contributed by atoms with E-state index in [2.05, 4.69) is 6.92 Å². The number of thioether (sulfide) groups is 1. The van der Waals surface area contributed by atoms with Crippen LogP contribution < -0.4 is 0 Å². The third kappa shape index (κ3) is 21.4. The Hall–Kier alpha value is 0.117. The van der Waals surface area contributed by atoms with Gasteiger partial charge in [-0.2, -0.15) is 0 Å². The highest BCUT2D eigenvalue weighted by molar-refractivity contribution is 8.13. The molecule has 0 aliphatic rings. The van der Waals surface area contributed by atoms with Crippen LogP contribution in [-0.2, 0) is 18.1 Å². The molecule has 0 bridgehead atoms. The van der Waals surface area contributed by atoms with Crippen molar-refractivity contribution in [3.63, 3.8) is 0 Å². The van der Waals surface area contributed by atoms with Crippen LogP contribution in [0.15, 0.2) is 0 Å². The number of unbranched alkanes of at least 4 members (excludes halogenated alkanes) is 15. The lowest BCUT2D eigenvalue weighted by Crippen LogP contribution is -2.45. The van der Waals surface area contributed by atoms with Crippen LogP contribution in [0, 0.1) is 0 Å². The van der Waals surface area contributed by atoms with E-state index >= 15 is 0 Å². The molecule has 0 saturated carbocycles. The van der Waals surface area contributed by atoms with Crippen molar-refractivity contribution in [1.82, 2.24) is 0 Å². The molecule has 0 aliphatic carbocycles. The molecule has 0 unspecified atom stereocenters. The number of hydrogen-bond acceptors (Lipinski definition) is 5. The fourth-order valence-corrected chi connectivity index (χ4v) is 7.89. The Morgan fingerprint density at radius 2 is 0.971 bits per heavy atom. The van der Waals surface area contributed by atoms with Gasteiger partial charge in [-0.25, -0.2) is 0 Å². The second-order valence-electron chi connectivity index (χ2n) is 9.36. The van der Waals surface area contributed by atoms with E-state index in [4.69, 9.17) is 13.3 Å². The Kier molecular flexibility index (Phi) is 26.3. The summed E-state index contributed by atoms with van der Waals surface area (Å²) in [6, 6.07) is 0.844. The molecule has 0 saturated heterocycles. The molecule has 0 radical (unpaired) electrons. The summed E-state index contributed by atoms with van der Waals surface area (Å²) < 4.78 is 17.7. The van der Waals surface area contributed by atoms with Crippen molar-refractivity contribution >= 4 is 25.7 Å². The van der Waals surface area contributed by atoms with Crippen molar-refractivity contribution in [2.24, 2.45) is 0 Å². The molecule has 0 atom stereocenters. The van der Waals surface area contributed by atoms with Crippen LogP contribution >= 0.6 is 11.8 Å². The van der Waals surface area contributed by atoms with Crippen LogP contribution in [0.2, 0.25) is 6.04 Å². The minimum absolute atomic E-state index is 0.359. The molecular weight excluding hydrogens is 460 g/mol. The minimum Gasteiger partial charge on any atom is -0.374 e. The van der Waals surface area contributed by atoms with Gasteiger partial charge in [0.15, 0.2) is 5.12 Å². The molecule has 6 heteroatoms. The minimum atomic E-state index is -2.52. The zero-order valence-corrected chi connectivity index (χ0v) is 25.1. The maximum atomic E-state index is 12.1. The first-order chi connectivity index (χ1) is 16.6. The quantitative estimate of drug-likeness (QED) is 0.0800. The fraction of sp³-hybridized carbons (Fsp3) is 0.964. The molecule has 0 aromatic carbocycles. The van der Waals surface area contributed by atoms with Crippen LogP contribution in [0.3, 0.4) is 0 Å². The van der Waals surface area contributed by atoms with Gasteiger partial charge in [0.1, 0.15) is 0 Å². The highest BCUT2D eigenvalue weighted by Crippen LogP contribution is 2.21. The number of rotatable bonds is 27. The van der Waals surface area contributed by atoms with Crippen molar-refractivity contribution < 1.29 is 18.1 Å². The predicted octanol–water partition coefficient (Wildman–Crippen LogP) is 9.34. The SMILES string of the molecule is CCCCCCCCCCCCCCCCCC(=O)SCCCC[Si](OCC)(OCC)OCC. The molecule has 0 fully saturated rings. The van der Waals surface area contributed by atoms with Gasteiger partial charge in [-0.05, 0) is 40.0 Å². The Bertz CT molecular complexity index is 420. The molecular formula is C28H58O4SSi. The van der Waals surface area contributed by atoms with Gasteiger partial charge < -0.3 is 13.3 Å². The predicted molar refractivity (Wildman–Crippen MR) is 152 cm³/mol. The summed E-state index contributed by atoms with van der Waals surface area (Å²) in [7, 11) is -2.52. The van der Waals surface area contributed by atoms with Crippen LogP contribution in [0.25, 0.3) is 0 Å². The topological polar surface area (TPSA) is 44.8 Å². The molecule has 0 heterocycles. The Morgan fingerprint density at radius 1 is 0.559 bits per heavy atom. The monoisotopic (exact) mass is 518 g/mol. The lowest BCUT2D eigenvalue weighted by atomic mass is 10.0. The first-order valence-electron chi connectivity index (χ1n) is 14.7. The van der Waals surface area contributed by atoms with Crippen molar-refractivity contribution in [3.8, 4) is 0 Å². The van der Waals surface area contributed by atoms with Gasteiger partial charge in [0.2, 0.25) is 0 Å². The van der Waals surface area contributed by atoms with E-state index in [0.29, 0.717) is 24.9 Å². The van der Waals surface area contributed by atoms with Gasteiger partial charge in [-0.15, -0.1) is 0 Å². The summed E-state index contributed by atoms with van der Waals surface area (Å²) in [5.41, 5.74) is 0. The Balaban J connectivity index is 3.51. The maximum absolute atomic E-state index is 12.1. The summed E-state index contributed by atoms with van der Waals surface area (Å²) in [4.78, 5) is 12.1. The summed E-state index contributed by atoms with van der Waals surface area (Å²) in [6.45, 7) is 10.1. The summed E-state index contributed by atoms with van der Waals surface area (Å²) >= 11 is 1.51. The van der Waals surface area contributed by atoms with Crippen molar-refractivity contribution in [2.45, 2.75) is 149 Å². The first-order valence-corrected chi connectivity index (χ1v) is 17.6. The Labute approximate surface area is 218 Å².